The number of nitro groups is 1. The van der Waals surface area contributed by atoms with Gasteiger partial charge in [-0.1, -0.05) is 30.3 Å². The number of hydrogen-bond acceptors (Lipinski definition) is 6. The molecule has 1 aliphatic heterocycles. The smallest absolute Gasteiger partial charge is 0.269 e. The maximum Gasteiger partial charge on any atom is 0.269 e. The molecule has 0 spiro atoms. The van der Waals surface area contributed by atoms with Gasteiger partial charge in [0.15, 0.2) is 11.5 Å². The number of non-ortho nitro benzene ring substituents is 1. The van der Waals surface area contributed by atoms with Gasteiger partial charge < -0.3 is 20.1 Å². The van der Waals surface area contributed by atoms with Crippen molar-refractivity contribution in [3.63, 3.8) is 0 Å². The summed E-state index contributed by atoms with van der Waals surface area (Å²) >= 11 is 0. The number of nitrogens with zero attached hydrogens (tertiary/aromatic N) is 1. The molecule has 0 unspecified atom stereocenters. The lowest BCUT2D eigenvalue weighted by atomic mass is 10.1. The van der Waals surface area contributed by atoms with E-state index >= 15 is 0 Å². The Balaban J connectivity index is 1.41. The Morgan fingerprint density at radius 3 is 2.60 bits per heavy atom. The summed E-state index contributed by atoms with van der Waals surface area (Å²) in [5.74, 6) is 1.14. The Labute approximate surface area is 172 Å². The molecular weight excluding hydrogens is 386 g/mol. The third-order valence-electron chi connectivity index (χ3n) is 4.67. The first-order valence-corrected chi connectivity index (χ1v) is 9.33. The minimum absolute atomic E-state index is 0.0315. The van der Waals surface area contributed by atoms with E-state index in [2.05, 4.69) is 10.6 Å². The van der Waals surface area contributed by atoms with Gasteiger partial charge in [-0.3, -0.25) is 14.9 Å². The first-order chi connectivity index (χ1) is 14.6. The van der Waals surface area contributed by atoms with Gasteiger partial charge >= 0.3 is 0 Å². The predicted octanol–water partition coefficient (Wildman–Crippen LogP) is 3.87. The fourth-order valence-electron chi connectivity index (χ4n) is 3.14. The molecule has 0 atom stereocenters. The van der Waals surface area contributed by atoms with E-state index in [9.17, 15) is 14.9 Å². The second-order valence-corrected chi connectivity index (χ2v) is 6.70. The van der Waals surface area contributed by atoms with Crippen LogP contribution < -0.4 is 20.1 Å². The number of amides is 1. The average Bonchev–Trinajstić information content (AvgIpc) is 3.24. The van der Waals surface area contributed by atoms with E-state index < -0.39 is 4.92 Å². The molecule has 0 aromatic heterocycles. The number of nitrogens with one attached hydrogen (secondary N) is 2. The van der Waals surface area contributed by atoms with Gasteiger partial charge in [0, 0.05) is 30.9 Å². The maximum absolute atomic E-state index is 12.7. The molecule has 0 saturated heterocycles. The molecule has 0 saturated carbocycles. The fraction of sp³-hybridized carbons (Fsp3) is 0.136. The average molecular weight is 405 g/mol. The third-order valence-corrected chi connectivity index (χ3v) is 4.67. The van der Waals surface area contributed by atoms with E-state index in [0.717, 1.165) is 11.1 Å². The zero-order valence-corrected chi connectivity index (χ0v) is 16.0. The number of anilines is 1. The standard InChI is InChI=1S/C22H19N3O5/c26-22(24-13-16-8-9-20-21(11-16)30-14-29-20)18-6-1-2-7-19(18)23-12-15-4-3-5-17(10-15)25(27)28/h1-11,23H,12-14H2,(H,24,26). The summed E-state index contributed by atoms with van der Waals surface area (Å²) in [6.45, 7) is 0.900. The topological polar surface area (TPSA) is 103 Å². The second kappa shape index (κ2) is 8.52. The van der Waals surface area contributed by atoms with Gasteiger partial charge in [-0.25, -0.2) is 0 Å². The van der Waals surface area contributed by atoms with E-state index in [1.807, 2.05) is 24.3 Å². The number of nitro benzene ring substituents is 1. The van der Waals surface area contributed by atoms with Crippen LogP contribution >= 0.6 is 0 Å². The largest absolute Gasteiger partial charge is 0.454 e. The Bertz CT molecular complexity index is 1100. The van der Waals surface area contributed by atoms with E-state index in [4.69, 9.17) is 9.47 Å². The number of hydrogen-bond donors (Lipinski definition) is 2. The van der Waals surface area contributed by atoms with Crippen LogP contribution in [0.2, 0.25) is 0 Å². The van der Waals surface area contributed by atoms with Crippen LogP contribution in [0.25, 0.3) is 0 Å². The van der Waals surface area contributed by atoms with Crippen LogP contribution in [-0.2, 0) is 13.1 Å². The monoisotopic (exact) mass is 405 g/mol. The molecule has 4 rings (SSSR count). The lowest BCUT2D eigenvalue weighted by Crippen LogP contribution is -2.24. The van der Waals surface area contributed by atoms with Crippen molar-refractivity contribution in [3.8, 4) is 11.5 Å². The van der Waals surface area contributed by atoms with E-state index in [-0.39, 0.29) is 18.4 Å². The molecular formula is C22H19N3O5. The van der Waals surface area contributed by atoms with Crippen molar-refractivity contribution >= 4 is 17.3 Å². The lowest BCUT2D eigenvalue weighted by molar-refractivity contribution is -0.384. The molecule has 1 aliphatic rings. The molecule has 152 valence electrons. The maximum atomic E-state index is 12.7. The van der Waals surface area contributed by atoms with E-state index in [1.165, 1.54) is 12.1 Å². The number of para-hydroxylation sites is 1. The van der Waals surface area contributed by atoms with Crippen LogP contribution in [0.4, 0.5) is 11.4 Å². The molecule has 3 aromatic carbocycles. The van der Waals surface area contributed by atoms with Gasteiger partial charge in [0.2, 0.25) is 6.79 Å². The summed E-state index contributed by atoms with van der Waals surface area (Å²) in [5, 5.41) is 17.0. The van der Waals surface area contributed by atoms with Crippen molar-refractivity contribution in [2.75, 3.05) is 12.1 Å². The van der Waals surface area contributed by atoms with Gasteiger partial charge in [0.1, 0.15) is 0 Å². The molecule has 2 N–H and O–H groups in total. The SMILES string of the molecule is O=C(NCc1ccc2c(c1)OCO2)c1ccccc1NCc1cccc([N+](=O)[O-])c1. The number of rotatable bonds is 7. The molecule has 0 fully saturated rings. The first kappa shape index (κ1) is 19.3. The Kier molecular flexibility index (Phi) is 5.47. The summed E-state index contributed by atoms with van der Waals surface area (Å²) in [5.41, 5.74) is 2.81. The van der Waals surface area contributed by atoms with Crippen molar-refractivity contribution in [2.24, 2.45) is 0 Å². The summed E-state index contributed by atoms with van der Waals surface area (Å²) in [6.07, 6.45) is 0. The van der Waals surface area contributed by atoms with Gasteiger partial charge in [0.25, 0.3) is 11.6 Å². The van der Waals surface area contributed by atoms with Gasteiger partial charge in [0.05, 0.1) is 10.5 Å². The van der Waals surface area contributed by atoms with Crippen LogP contribution in [0.3, 0.4) is 0 Å². The van der Waals surface area contributed by atoms with Crippen LogP contribution in [0, 0.1) is 10.1 Å². The third kappa shape index (κ3) is 4.33. The highest BCUT2D eigenvalue weighted by molar-refractivity contribution is 5.99. The van der Waals surface area contributed by atoms with Crippen LogP contribution in [0.5, 0.6) is 11.5 Å². The van der Waals surface area contributed by atoms with Crippen molar-refractivity contribution in [2.45, 2.75) is 13.1 Å². The van der Waals surface area contributed by atoms with Crippen molar-refractivity contribution < 1.29 is 19.2 Å². The first-order valence-electron chi connectivity index (χ1n) is 9.33. The zero-order valence-electron chi connectivity index (χ0n) is 16.0. The Morgan fingerprint density at radius 2 is 1.73 bits per heavy atom. The van der Waals surface area contributed by atoms with Crippen LogP contribution in [0.15, 0.2) is 66.7 Å². The molecule has 30 heavy (non-hydrogen) atoms. The highest BCUT2D eigenvalue weighted by Crippen LogP contribution is 2.32. The summed E-state index contributed by atoms with van der Waals surface area (Å²) in [6, 6.07) is 19.1. The normalized spacial score (nSPS) is 11.7. The Morgan fingerprint density at radius 1 is 0.933 bits per heavy atom. The fourth-order valence-corrected chi connectivity index (χ4v) is 3.14. The molecule has 0 bridgehead atoms. The molecule has 0 aliphatic carbocycles. The van der Waals surface area contributed by atoms with Crippen LogP contribution in [0.1, 0.15) is 21.5 Å². The summed E-state index contributed by atoms with van der Waals surface area (Å²) in [7, 11) is 0. The minimum atomic E-state index is -0.430. The highest BCUT2D eigenvalue weighted by Gasteiger charge is 2.15. The number of benzene rings is 3. The molecule has 1 amide bonds. The molecule has 8 nitrogen and oxygen atoms in total. The molecule has 0 radical (unpaired) electrons. The van der Waals surface area contributed by atoms with Gasteiger partial charge in [-0.05, 0) is 35.4 Å². The number of carbonyl (C=O) groups excluding carboxylic acids is 1. The second-order valence-electron chi connectivity index (χ2n) is 6.70. The molecule has 3 aromatic rings. The number of fused-ring (bicyclic) bond motifs is 1. The van der Waals surface area contributed by atoms with Crippen molar-refractivity contribution in [1.82, 2.24) is 5.32 Å². The predicted molar refractivity (Wildman–Crippen MR) is 111 cm³/mol. The highest BCUT2D eigenvalue weighted by atomic mass is 16.7. The van der Waals surface area contributed by atoms with Gasteiger partial charge in [-0.2, -0.15) is 0 Å². The van der Waals surface area contributed by atoms with Gasteiger partial charge in [-0.15, -0.1) is 0 Å². The summed E-state index contributed by atoms with van der Waals surface area (Å²) in [4.78, 5) is 23.2. The van der Waals surface area contributed by atoms with Crippen LogP contribution in [-0.4, -0.2) is 17.6 Å². The van der Waals surface area contributed by atoms with Crippen molar-refractivity contribution in [1.29, 1.82) is 0 Å². The summed E-state index contributed by atoms with van der Waals surface area (Å²) < 4.78 is 10.7. The molecule has 8 heteroatoms. The minimum Gasteiger partial charge on any atom is -0.454 e. The number of ether oxygens (including phenoxy) is 2. The Hall–Kier alpha value is -4.07. The number of carbonyl (C=O) groups is 1. The lowest BCUT2D eigenvalue weighted by Gasteiger charge is -2.12. The van der Waals surface area contributed by atoms with E-state index in [0.29, 0.717) is 35.8 Å². The van der Waals surface area contributed by atoms with E-state index in [1.54, 1.807) is 30.3 Å². The quantitative estimate of drug-likeness (QED) is 0.457. The van der Waals surface area contributed by atoms with Crippen molar-refractivity contribution in [3.05, 3.63) is 93.5 Å². The molecule has 1 heterocycles. The zero-order chi connectivity index (χ0) is 20.9.